The summed E-state index contributed by atoms with van der Waals surface area (Å²) in [6.45, 7) is 13.3. The Morgan fingerprint density at radius 2 is 1.76 bits per heavy atom. The number of benzene rings is 2. The first-order valence-corrected chi connectivity index (χ1v) is 11.5. The standard InChI is InChI=1S/C28H38O/c1-19(2)23-12-7-8-13-24(23)27(29)25-18-21(15-17-26(25)28(4,5)6)14-16-22-11-9-10-20(22)3/h7-8,12-13,15,17-20,22H,9-11,14,16H2,1-6H3. The Kier molecular flexibility index (Phi) is 6.66. The molecule has 0 radical (unpaired) electrons. The minimum atomic E-state index is -0.0593. The zero-order valence-corrected chi connectivity index (χ0v) is 19.2. The molecule has 0 saturated heterocycles. The van der Waals surface area contributed by atoms with Gasteiger partial charge >= 0.3 is 0 Å². The normalized spacial score (nSPS) is 19.7. The van der Waals surface area contributed by atoms with Gasteiger partial charge in [-0.25, -0.2) is 0 Å². The fraction of sp³-hybridized carbons (Fsp3) is 0.536. The van der Waals surface area contributed by atoms with E-state index in [9.17, 15) is 4.79 Å². The lowest BCUT2D eigenvalue weighted by Gasteiger charge is -2.24. The Labute approximate surface area is 177 Å². The molecule has 0 heterocycles. The van der Waals surface area contributed by atoms with Crippen molar-refractivity contribution in [3.63, 3.8) is 0 Å². The molecule has 0 aliphatic heterocycles. The molecule has 1 saturated carbocycles. The van der Waals surface area contributed by atoms with E-state index in [1.165, 1.54) is 31.2 Å². The van der Waals surface area contributed by atoms with Crippen LogP contribution in [-0.2, 0) is 11.8 Å². The Bertz CT molecular complexity index is 853. The second-order valence-corrected chi connectivity index (χ2v) is 10.4. The molecule has 0 aromatic heterocycles. The van der Waals surface area contributed by atoms with Gasteiger partial charge in [0.15, 0.2) is 5.78 Å². The van der Waals surface area contributed by atoms with Crippen molar-refractivity contribution in [1.82, 2.24) is 0 Å². The average molecular weight is 391 g/mol. The summed E-state index contributed by atoms with van der Waals surface area (Å²) in [6.07, 6.45) is 6.44. The Balaban J connectivity index is 1.95. The molecule has 1 heteroatoms. The predicted octanol–water partition coefficient (Wildman–Crippen LogP) is 7.71. The van der Waals surface area contributed by atoms with Crippen molar-refractivity contribution < 1.29 is 4.79 Å². The number of carbonyl (C=O) groups is 1. The second kappa shape index (κ2) is 8.86. The molecule has 0 N–H and O–H groups in total. The molecule has 0 amide bonds. The monoisotopic (exact) mass is 390 g/mol. The van der Waals surface area contributed by atoms with Gasteiger partial charge in [-0.05, 0) is 58.8 Å². The van der Waals surface area contributed by atoms with Gasteiger partial charge in [-0.15, -0.1) is 0 Å². The van der Waals surface area contributed by atoms with E-state index in [0.29, 0.717) is 5.92 Å². The first kappa shape index (κ1) is 21.8. The van der Waals surface area contributed by atoms with E-state index in [1.54, 1.807) is 0 Å². The third-order valence-corrected chi connectivity index (χ3v) is 6.81. The van der Waals surface area contributed by atoms with Crippen LogP contribution >= 0.6 is 0 Å². The molecular formula is C28H38O. The maximum atomic E-state index is 13.7. The van der Waals surface area contributed by atoms with Crippen molar-refractivity contribution in [2.45, 2.75) is 85.0 Å². The molecule has 1 aliphatic carbocycles. The van der Waals surface area contributed by atoms with Gasteiger partial charge in [0.25, 0.3) is 0 Å². The average Bonchev–Trinajstić information content (AvgIpc) is 3.09. The molecule has 3 rings (SSSR count). The SMILES string of the molecule is CC(C)c1ccccc1C(=O)c1cc(CCC2CCCC2C)ccc1C(C)(C)C. The largest absolute Gasteiger partial charge is 0.289 e. The third kappa shape index (κ3) is 5.00. The highest BCUT2D eigenvalue weighted by Crippen LogP contribution is 2.35. The van der Waals surface area contributed by atoms with Crippen molar-refractivity contribution >= 4 is 5.78 Å². The summed E-state index contributed by atoms with van der Waals surface area (Å²) in [5, 5.41) is 0. The van der Waals surface area contributed by atoms with Gasteiger partial charge in [0.2, 0.25) is 0 Å². The molecule has 2 atom stereocenters. The molecule has 2 aromatic carbocycles. The minimum Gasteiger partial charge on any atom is -0.289 e. The molecule has 2 unspecified atom stereocenters. The van der Waals surface area contributed by atoms with Crippen LogP contribution in [0.25, 0.3) is 0 Å². The lowest BCUT2D eigenvalue weighted by Crippen LogP contribution is -2.19. The van der Waals surface area contributed by atoms with Crippen molar-refractivity contribution in [2.75, 3.05) is 0 Å². The molecule has 1 fully saturated rings. The first-order chi connectivity index (χ1) is 13.7. The van der Waals surface area contributed by atoms with Crippen LogP contribution in [0.2, 0.25) is 0 Å². The van der Waals surface area contributed by atoms with E-state index in [2.05, 4.69) is 65.8 Å². The van der Waals surface area contributed by atoms with E-state index >= 15 is 0 Å². The first-order valence-electron chi connectivity index (χ1n) is 11.5. The van der Waals surface area contributed by atoms with Crippen LogP contribution in [0, 0.1) is 11.8 Å². The van der Waals surface area contributed by atoms with Gasteiger partial charge < -0.3 is 0 Å². The smallest absolute Gasteiger partial charge is 0.193 e. The lowest BCUT2D eigenvalue weighted by atomic mass is 9.79. The van der Waals surface area contributed by atoms with Gasteiger partial charge in [-0.3, -0.25) is 4.79 Å². The summed E-state index contributed by atoms with van der Waals surface area (Å²) >= 11 is 0. The van der Waals surface area contributed by atoms with E-state index in [0.717, 1.165) is 40.5 Å². The molecule has 156 valence electrons. The lowest BCUT2D eigenvalue weighted by molar-refractivity contribution is 0.103. The van der Waals surface area contributed by atoms with Crippen molar-refractivity contribution in [3.05, 3.63) is 70.3 Å². The van der Waals surface area contributed by atoms with Crippen LogP contribution in [0.1, 0.15) is 106 Å². The summed E-state index contributed by atoms with van der Waals surface area (Å²) in [5.74, 6) is 2.21. The highest BCUT2D eigenvalue weighted by Gasteiger charge is 2.26. The molecule has 0 bridgehead atoms. The van der Waals surface area contributed by atoms with E-state index in [4.69, 9.17) is 0 Å². The van der Waals surface area contributed by atoms with Gasteiger partial charge in [0.05, 0.1) is 0 Å². The Hall–Kier alpha value is -1.89. The molecule has 0 spiro atoms. The van der Waals surface area contributed by atoms with Crippen LogP contribution in [0.4, 0.5) is 0 Å². The van der Waals surface area contributed by atoms with E-state index in [-0.39, 0.29) is 11.2 Å². The topological polar surface area (TPSA) is 17.1 Å². The predicted molar refractivity (Wildman–Crippen MR) is 124 cm³/mol. The summed E-state index contributed by atoms with van der Waals surface area (Å²) in [5.41, 5.74) is 5.29. The number of rotatable bonds is 6. The number of ketones is 1. The van der Waals surface area contributed by atoms with Gasteiger partial charge in [-0.2, -0.15) is 0 Å². The fourth-order valence-electron chi connectivity index (χ4n) is 4.94. The second-order valence-electron chi connectivity index (χ2n) is 10.4. The number of hydrogen-bond acceptors (Lipinski definition) is 1. The molecule has 2 aromatic rings. The summed E-state index contributed by atoms with van der Waals surface area (Å²) < 4.78 is 0. The highest BCUT2D eigenvalue weighted by atomic mass is 16.1. The molecule has 1 nitrogen and oxygen atoms in total. The molecule has 29 heavy (non-hydrogen) atoms. The van der Waals surface area contributed by atoms with Crippen molar-refractivity contribution in [1.29, 1.82) is 0 Å². The maximum absolute atomic E-state index is 13.7. The van der Waals surface area contributed by atoms with Gasteiger partial charge in [-0.1, -0.05) is 97.2 Å². The van der Waals surface area contributed by atoms with Crippen LogP contribution in [0.5, 0.6) is 0 Å². The van der Waals surface area contributed by atoms with Gasteiger partial charge in [0.1, 0.15) is 0 Å². The van der Waals surface area contributed by atoms with Crippen molar-refractivity contribution in [3.8, 4) is 0 Å². The summed E-state index contributed by atoms with van der Waals surface area (Å²) in [6, 6.07) is 14.8. The van der Waals surface area contributed by atoms with Crippen LogP contribution in [-0.4, -0.2) is 5.78 Å². The summed E-state index contributed by atoms with van der Waals surface area (Å²) in [7, 11) is 0. The third-order valence-electron chi connectivity index (χ3n) is 6.81. The zero-order chi connectivity index (χ0) is 21.2. The van der Waals surface area contributed by atoms with Crippen LogP contribution in [0.15, 0.2) is 42.5 Å². The van der Waals surface area contributed by atoms with E-state index in [1.807, 2.05) is 18.2 Å². The number of aryl methyl sites for hydroxylation is 1. The highest BCUT2D eigenvalue weighted by molar-refractivity contribution is 6.11. The van der Waals surface area contributed by atoms with Gasteiger partial charge in [0, 0.05) is 11.1 Å². The zero-order valence-electron chi connectivity index (χ0n) is 19.2. The Morgan fingerprint density at radius 1 is 1.03 bits per heavy atom. The molecule has 1 aliphatic rings. The van der Waals surface area contributed by atoms with Crippen LogP contribution < -0.4 is 0 Å². The quantitative estimate of drug-likeness (QED) is 0.462. The van der Waals surface area contributed by atoms with E-state index < -0.39 is 0 Å². The van der Waals surface area contributed by atoms with Crippen molar-refractivity contribution in [2.24, 2.45) is 11.8 Å². The maximum Gasteiger partial charge on any atom is 0.193 e. The van der Waals surface area contributed by atoms with Crippen LogP contribution in [0.3, 0.4) is 0 Å². The fourth-order valence-corrected chi connectivity index (χ4v) is 4.94. The number of carbonyl (C=O) groups excluding carboxylic acids is 1. The summed E-state index contributed by atoms with van der Waals surface area (Å²) in [4.78, 5) is 13.7. The minimum absolute atomic E-state index is 0.0593. The number of hydrogen-bond donors (Lipinski definition) is 0. The Morgan fingerprint density at radius 3 is 2.38 bits per heavy atom. The molecular weight excluding hydrogens is 352 g/mol.